The molecule has 1 saturated carbocycles. The Labute approximate surface area is 79.5 Å². The molecule has 2 atom stereocenters. The van der Waals surface area contributed by atoms with Crippen LogP contribution in [0.15, 0.2) is 23.8 Å². The molecule has 2 aliphatic rings. The molecule has 1 fully saturated rings. The molecule has 0 N–H and O–H groups in total. The van der Waals surface area contributed by atoms with E-state index in [9.17, 15) is 4.79 Å². The minimum Gasteiger partial charge on any atom is -0.294 e. The lowest BCUT2D eigenvalue weighted by atomic mass is 9.94. The van der Waals surface area contributed by atoms with Crippen LogP contribution in [0.4, 0.5) is 0 Å². The summed E-state index contributed by atoms with van der Waals surface area (Å²) in [5.41, 5.74) is 1.12. The highest BCUT2D eigenvalue weighted by Gasteiger charge is 2.33. The highest BCUT2D eigenvalue weighted by molar-refractivity contribution is 5.99. The first-order chi connectivity index (χ1) is 6.29. The van der Waals surface area contributed by atoms with Crippen LogP contribution in [0.5, 0.6) is 0 Å². The highest BCUT2D eigenvalue weighted by atomic mass is 16.1. The van der Waals surface area contributed by atoms with Crippen molar-refractivity contribution in [2.45, 2.75) is 32.6 Å². The van der Waals surface area contributed by atoms with E-state index in [2.05, 4.69) is 25.2 Å². The lowest BCUT2D eigenvalue weighted by molar-refractivity contribution is -0.117. The monoisotopic (exact) mass is 176 g/mol. The zero-order valence-corrected chi connectivity index (χ0v) is 8.12. The molecule has 0 aromatic heterocycles. The van der Waals surface area contributed by atoms with Crippen molar-refractivity contribution < 1.29 is 4.79 Å². The Balaban J connectivity index is 2.23. The number of rotatable bonds is 0. The number of hydrogen-bond acceptors (Lipinski definition) is 1. The summed E-state index contributed by atoms with van der Waals surface area (Å²) in [6.07, 6.45) is 10.9. The largest absolute Gasteiger partial charge is 0.294 e. The summed E-state index contributed by atoms with van der Waals surface area (Å²) in [6, 6.07) is 0. The topological polar surface area (TPSA) is 17.1 Å². The van der Waals surface area contributed by atoms with E-state index < -0.39 is 0 Å². The summed E-state index contributed by atoms with van der Waals surface area (Å²) >= 11 is 0. The molecule has 0 radical (unpaired) electrons. The third kappa shape index (κ3) is 1.60. The Morgan fingerprint density at radius 1 is 1.38 bits per heavy atom. The molecule has 0 aromatic carbocycles. The van der Waals surface area contributed by atoms with Gasteiger partial charge in [-0.25, -0.2) is 0 Å². The van der Waals surface area contributed by atoms with Crippen LogP contribution in [0.2, 0.25) is 0 Å². The first kappa shape index (κ1) is 8.74. The van der Waals surface area contributed by atoms with Gasteiger partial charge in [0, 0.05) is 5.92 Å². The number of fused-ring (bicyclic) bond motifs is 1. The van der Waals surface area contributed by atoms with Crippen molar-refractivity contribution in [1.29, 1.82) is 0 Å². The molecule has 0 heterocycles. The third-order valence-electron chi connectivity index (χ3n) is 3.13. The predicted molar refractivity (Wildman–Crippen MR) is 53.4 cm³/mol. The van der Waals surface area contributed by atoms with Crippen molar-refractivity contribution in [2.75, 3.05) is 0 Å². The maximum Gasteiger partial charge on any atom is 0.161 e. The summed E-state index contributed by atoms with van der Waals surface area (Å²) in [4.78, 5) is 11.7. The average Bonchev–Trinajstić information content (AvgIpc) is 2.31. The zero-order valence-electron chi connectivity index (χ0n) is 8.12. The fraction of sp³-hybridized carbons (Fsp3) is 0.583. The summed E-state index contributed by atoms with van der Waals surface area (Å²) < 4.78 is 0. The zero-order chi connectivity index (χ0) is 9.26. The molecule has 0 aliphatic heterocycles. The molecule has 1 unspecified atom stereocenters. The van der Waals surface area contributed by atoms with Crippen LogP contribution in [0, 0.1) is 11.8 Å². The second-order valence-electron chi connectivity index (χ2n) is 4.14. The Morgan fingerprint density at radius 2 is 2.23 bits per heavy atom. The third-order valence-corrected chi connectivity index (χ3v) is 3.13. The van der Waals surface area contributed by atoms with E-state index in [-0.39, 0.29) is 5.92 Å². The van der Waals surface area contributed by atoms with Gasteiger partial charge in [0.2, 0.25) is 0 Å². The number of carbonyl (C=O) groups is 1. The standard InChI is InChI=1S/C12H16O/c1-9-8-10-6-4-2-3-5-7-11(10)12(9)13/h2-3,7,9-10H,4-6,8H2,1H3/b3-2-,11-7+/t9-,10?/m1/s1. The minimum absolute atomic E-state index is 0.273. The van der Waals surface area contributed by atoms with Crippen LogP contribution in [0.25, 0.3) is 0 Å². The smallest absolute Gasteiger partial charge is 0.161 e. The molecule has 13 heavy (non-hydrogen) atoms. The van der Waals surface area contributed by atoms with Gasteiger partial charge in [0.15, 0.2) is 5.78 Å². The van der Waals surface area contributed by atoms with Gasteiger partial charge in [0.05, 0.1) is 0 Å². The van der Waals surface area contributed by atoms with Crippen LogP contribution in [-0.4, -0.2) is 5.78 Å². The number of carbonyl (C=O) groups excluding carboxylic acids is 1. The maximum atomic E-state index is 11.7. The van der Waals surface area contributed by atoms with Crippen molar-refractivity contribution in [3.8, 4) is 0 Å². The van der Waals surface area contributed by atoms with Gasteiger partial charge in [-0.2, -0.15) is 0 Å². The van der Waals surface area contributed by atoms with Gasteiger partial charge in [-0.05, 0) is 37.2 Å². The van der Waals surface area contributed by atoms with Crippen LogP contribution in [-0.2, 0) is 4.79 Å². The minimum atomic E-state index is 0.273. The van der Waals surface area contributed by atoms with E-state index in [1.54, 1.807) is 0 Å². The molecule has 0 bridgehead atoms. The molecule has 0 aromatic rings. The van der Waals surface area contributed by atoms with Crippen LogP contribution < -0.4 is 0 Å². The quantitative estimate of drug-likeness (QED) is 0.519. The number of Topliss-reactive ketones (excluding diaryl/α,β-unsaturated/α-hetero) is 1. The van der Waals surface area contributed by atoms with Crippen LogP contribution in [0.3, 0.4) is 0 Å². The Hall–Kier alpha value is -0.850. The molecule has 2 rings (SSSR count). The van der Waals surface area contributed by atoms with Crippen LogP contribution >= 0.6 is 0 Å². The molecule has 70 valence electrons. The number of ketones is 1. The van der Waals surface area contributed by atoms with E-state index in [0.717, 1.165) is 24.8 Å². The maximum absolute atomic E-state index is 11.7. The van der Waals surface area contributed by atoms with E-state index in [0.29, 0.717) is 11.7 Å². The first-order valence-corrected chi connectivity index (χ1v) is 5.18. The van der Waals surface area contributed by atoms with Crippen LogP contribution in [0.1, 0.15) is 32.6 Å². The summed E-state index contributed by atoms with van der Waals surface area (Å²) in [5.74, 6) is 1.24. The molecule has 0 spiro atoms. The lowest BCUT2D eigenvalue weighted by Crippen LogP contribution is -2.04. The van der Waals surface area contributed by atoms with Gasteiger partial charge in [-0.1, -0.05) is 25.2 Å². The van der Waals surface area contributed by atoms with Crippen molar-refractivity contribution >= 4 is 5.78 Å². The Morgan fingerprint density at radius 3 is 3.08 bits per heavy atom. The van der Waals surface area contributed by atoms with Gasteiger partial charge in [0.1, 0.15) is 0 Å². The predicted octanol–water partition coefficient (Wildman–Crippen LogP) is 2.88. The van der Waals surface area contributed by atoms with Gasteiger partial charge < -0.3 is 0 Å². The molecule has 0 saturated heterocycles. The van der Waals surface area contributed by atoms with E-state index in [1.807, 2.05) is 0 Å². The molecule has 0 amide bonds. The van der Waals surface area contributed by atoms with Gasteiger partial charge >= 0.3 is 0 Å². The Kier molecular flexibility index (Phi) is 2.34. The van der Waals surface area contributed by atoms with Crippen molar-refractivity contribution in [3.05, 3.63) is 23.8 Å². The van der Waals surface area contributed by atoms with Gasteiger partial charge in [-0.3, -0.25) is 4.79 Å². The normalized spacial score (nSPS) is 40.1. The fourth-order valence-corrected chi connectivity index (χ4v) is 2.39. The summed E-state index contributed by atoms with van der Waals surface area (Å²) in [6.45, 7) is 2.06. The van der Waals surface area contributed by atoms with E-state index in [1.165, 1.54) is 6.42 Å². The summed E-state index contributed by atoms with van der Waals surface area (Å²) in [7, 11) is 0. The number of allylic oxidation sites excluding steroid dienone is 4. The molecule has 1 nitrogen and oxygen atoms in total. The van der Waals surface area contributed by atoms with Crippen molar-refractivity contribution in [2.24, 2.45) is 11.8 Å². The highest BCUT2D eigenvalue weighted by Crippen LogP contribution is 2.36. The van der Waals surface area contributed by atoms with E-state index in [4.69, 9.17) is 0 Å². The molecular weight excluding hydrogens is 160 g/mol. The molecule has 2 aliphatic carbocycles. The second-order valence-corrected chi connectivity index (χ2v) is 4.14. The fourth-order valence-electron chi connectivity index (χ4n) is 2.39. The molecule has 1 heteroatoms. The SMILES string of the molecule is C[C@@H]1CC2CC/C=C\C/C=C\2C1=O. The van der Waals surface area contributed by atoms with Gasteiger partial charge in [-0.15, -0.1) is 0 Å². The van der Waals surface area contributed by atoms with Crippen molar-refractivity contribution in [1.82, 2.24) is 0 Å². The average molecular weight is 176 g/mol. The first-order valence-electron chi connectivity index (χ1n) is 5.18. The number of hydrogen-bond donors (Lipinski definition) is 0. The van der Waals surface area contributed by atoms with Crippen molar-refractivity contribution in [3.63, 3.8) is 0 Å². The Bertz CT molecular complexity index is 273. The second kappa shape index (κ2) is 3.49. The molecular formula is C12H16O. The lowest BCUT2D eigenvalue weighted by Gasteiger charge is -2.10. The summed E-state index contributed by atoms with van der Waals surface area (Å²) in [5, 5.41) is 0. The van der Waals surface area contributed by atoms with E-state index >= 15 is 0 Å². The van der Waals surface area contributed by atoms with Gasteiger partial charge in [0.25, 0.3) is 0 Å².